The van der Waals surface area contributed by atoms with E-state index in [2.05, 4.69) is 10.3 Å². The van der Waals surface area contributed by atoms with Gasteiger partial charge in [-0.1, -0.05) is 0 Å². The molecule has 78 valence electrons. The van der Waals surface area contributed by atoms with Gasteiger partial charge in [0, 0.05) is 12.5 Å². The highest BCUT2D eigenvalue weighted by Gasteiger charge is 2.21. The van der Waals surface area contributed by atoms with Gasteiger partial charge in [-0.15, -0.1) is 0 Å². The van der Waals surface area contributed by atoms with Gasteiger partial charge in [0.25, 0.3) is 0 Å². The van der Waals surface area contributed by atoms with E-state index >= 15 is 0 Å². The fourth-order valence-electron chi connectivity index (χ4n) is 1.80. The standard InChI is InChI=1S/C10H17N3O/c1-7(11)5-8-6-14-10(13-8)9-3-2-4-12-9/h6-7,9,12H,2-5,11H2,1H3. The molecule has 0 radical (unpaired) electrons. The lowest BCUT2D eigenvalue weighted by Gasteiger charge is -2.03. The van der Waals surface area contributed by atoms with Crippen LogP contribution in [0.15, 0.2) is 10.7 Å². The molecule has 1 aromatic heterocycles. The minimum atomic E-state index is 0.143. The zero-order valence-electron chi connectivity index (χ0n) is 8.49. The van der Waals surface area contributed by atoms with Gasteiger partial charge in [0.15, 0.2) is 0 Å². The molecule has 0 bridgehead atoms. The predicted molar refractivity (Wildman–Crippen MR) is 53.8 cm³/mol. The molecular weight excluding hydrogens is 178 g/mol. The second-order valence-electron chi connectivity index (χ2n) is 4.01. The summed E-state index contributed by atoms with van der Waals surface area (Å²) in [5.74, 6) is 0.818. The minimum Gasteiger partial charge on any atom is -0.447 e. The van der Waals surface area contributed by atoms with E-state index in [1.54, 1.807) is 6.26 Å². The number of aromatic nitrogens is 1. The van der Waals surface area contributed by atoms with E-state index in [1.165, 1.54) is 6.42 Å². The van der Waals surface area contributed by atoms with Crippen LogP contribution in [0, 0.1) is 0 Å². The predicted octanol–water partition coefficient (Wildman–Crippen LogP) is 0.989. The summed E-state index contributed by atoms with van der Waals surface area (Å²) in [7, 11) is 0. The average Bonchev–Trinajstić information content (AvgIpc) is 2.69. The summed E-state index contributed by atoms with van der Waals surface area (Å²) in [6.45, 7) is 3.04. The van der Waals surface area contributed by atoms with Gasteiger partial charge in [0.1, 0.15) is 6.26 Å². The van der Waals surface area contributed by atoms with Gasteiger partial charge in [-0.3, -0.25) is 0 Å². The van der Waals surface area contributed by atoms with Crippen molar-refractivity contribution >= 4 is 0 Å². The third-order valence-corrected chi connectivity index (χ3v) is 2.46. The lowest BCUT2D eigenvalue weighted by molar-refractivity contribution is 0.429. The molecule has 1 saturated heterocycles. The Bertz CT molecular complexity index is 289. The third kappa shape index (κ3) is 2.13. The lowest BCUT2D eigenvalue weighted by atomic mass is 10.2. The van der Waals surface area contributed by atoms with Gasteiger partial charge in [0.05, 0.1) is 11.7 Å². The van der Waals surface area contributed by atoms with Crippen LogP contribution in [-0.2, 0) is 6.42 Å². The lowest BCUT2D eigenvalue weighted by Crippen LogP contribution is -2.18. The smallest absolute Gasteiger partial charge is 0.211 e. The summed E-state index contributed by atoms with van der Waals surface area (Å²) in [4.78, 5) is 4.42. The maximum atomic E-state index is 5.69. The van der Waals surface area contributed by atoms with Crippen LogP contribution < -0.4 is 11.1 Å². The Kier molecular flexibility index (Phi) is 2.84. The molecule has 1 aliphatic heterocycles. The molecule has 3 N–H and O–H groups in total. The van der Waals surface area contributed by atoms with E-state index in [0.717, 1.165) is 31.0 Å². The summed E-state index contributed by atoms with van der Waals surface area (Å²) < 4.78 is 5.42. The maximum absolute atomic E-state index is 5.69. The largest absolute Gasteiger partial charge is 0.447 e. The van der Waals surface area contributed by atoms with Crippen molar-refractivity contribution in [2.24, 2.45) is 5.73 Å². The Morgan fingerprint density at radius 1 is 1.79 bits per heavy atom. The van der Waals surface area contributed by atoms with Crippen LogP contribution in [0.5, 0.6) is 0 Å². The van der Waals surface area contributed by atoms with Gasteiger partial charge in [-0.25, -0.2) is 4.98 Å². The van der Waals surface area contributed by atoms with Gasteiger partial charge >= 0.3 is 0 Å². The molecule has 2 unspecified atom stereocenters. The van der Waals surface area contributed by atoms with Crippen molar-refractivity contribution in [1.82, 2.24) is 10.3 Å². The molecule has 2 rings (SSSR count). The van der Waals surface area contributed by atoms with Crippen LogP contribution in [0.25, 0.3) is 0 Å². The first-order valence-electron chi connectivity index (χ1n) is 5.19. The number of nitrogens with two attached hydrogens (primary N) is 1. The molecule has 1 fully saturated rings. The molecule has 0 aliphatic carbocycles. The molecule has 1 aliphatic rings. The Balaban J connectivity index is 2.01. The van der Waals surface area contributed by atoms with E-state index in [-0.39, 0.29) is 6.04 Å². The molecule has 4 nitrogen and oxygen atoms in total. The number of nitrogens with zero attached hydrogens (tertiary/aromatic N) is 1. The van der Waals surface area contributed by atoms with Crippen molar-refractivity contribution < 1.29 is 4.42 Å². The molecule has 1 aromatic rings. The second kappa shape index (κ2) is 4.11. The first-order chi connectivity index (χ1) is 6.75. The van der Waals surface area contributed by atoms with Gasteiger partial charge in [-0.2, -0.15) is 0 Å². The van der Waals surface area contributed by atoms with Crippen LogP contribution in [-0.4, -0.2) is 17.6 Å². The van der Waals surface area contributed by atoms with Crippen LogP contribution in [0.1, 0.15) is 37.4 Å². The first kappa shape index (κ1) is 9.68. The molecule has 0 amide bonds. The van der Waals surface area contributed by atoms with Gasteiger partial charge in [-0.05, 0) is 26.3 Å². The third-order valence-electron chi connectivity index (χ3n) is 2.46. The molecule has 2 atom stereocenters. The zero-order chi connectivity index (χ0) is 9.97. The van der Waals surface area contributed by atoms with Gasteiger partial charge < -0.3 is 15.5 Å². The number of nitrogens with one attached hydrogen (secondary N) is 1. The number of oxazole rings is 1. The molecule has 0 spiro atoms. The van der Waals surface area contributed by atoms with E-state index in [0.29, 0.717) is 6.04 Å². The van der Waals surface area contributed by atoms with Crippen LogP contribution >= 0.6 is 0 Å². The Morgan fingerprint density at radius 3 is 3.29 bits per heavy atom. The Labute approximate surface area is 83.9 Å². The van der Waals surface area contributed by atoms with Crippen molar-refractivity contribution in [1.29, 1.82) is 0 Å². The highest BCUT2D eigenvalue weighted by Crippen LogP contribution is 2.22. The fourth-order valence-corrected chi connectivity index (χ4v) is 1.80. The molecule has 0 saturated carbocycles. The van der Waals surface area contributed by atoms with Crippen LogP contribution in [0.4, 0.5) is 0 Å². The molecule has 2 heterocycles. The number of rotatable bonds is 3. The van der Waals surface area contributed by atoms with Gasteiger partial charge in [0.2, 0.25) is 5.89 Å². The van der Waals surface area contributed by atoms with Crippen molar-refractivity contribution in [2.45, 2.75) is 38.3 Å². The molecule has 14 heavy (non-hydrogen) atoms. The average molecular weight is 195 g/mol. The fraction of sp³-hybridized carbons (Fsp3) is 0.700. The summed E-state index contributed by atoms with van der Waals surface area (Å²) in [5.41, 5.74) is 6.65. The summed E-state index contributed by atoms with van der Waals surface area (Å²) >= 11 is 0. The SMILES string of the molecule is CC(N)Cc1coc(C2CCCN2)n1. The topological polar surface area (TPSA) is 64.1 Å². The number of hydrogen-bond donors (Lipinski definition) is 2. The number of hydrogen-bond acceptors (Lipinski definition) is 4. The Hall–Kier alpha value is -0.870. The quantitative estimate of drug-likeness (QED) is 0.755. The summed E-state index contributed by atoms with van der Waals surface area (Å²) in [6.07, 6.45) is 4.84. The molecule has 0 aromatic carbocycles. The zero-order valence-corrected chi connectivity index (χ0v) is 8.49. The summed E-state index contributed by atoms with van der Waals surface area (Å²) in [6, 6.07) is 0.460. The highest BCUT2D eigenvalue weighted by molar-refractivity contribution is 5.02. The van der Waals surface area contributed by atoms with Crippen molar-refractivity contribution in [3.05, 3.63) is 17.8 Å². The van der Waals surface area contributed by atoms with E-state index in [1.807, 2.05) is 6.92 Å². The summed E-state index contributed by atoms with van der Waals surface area (Å²) in [5, 5.41) is 3.35. The second-order valence-corrected chi connectivity index (χ2v) is 4.01. The monoisotopic (exact) mass is 195 g/mol. The van der Waals surface area contributed by atoms with Crippen molar-refractivity contribution in [3.8, 4) is 0 Å². The van der Waals surface area contributed by atoms with E-state index < -0.39 is 0 Å². The maximum Gasteiger partial charge on any atom is 0.211 e. The van der Waals surface area contributed by atoms with E-state index in [9.17, 15) is 0 Å². The van der Waals surface area contributed by atoms with Crippen LogP contribution in [0.2, 0.25) is 0 Å². The molecular formula is C10H17N3O. The van der Waals surface area contributed by atoms with E-state index in [4.69, 9.17) is 10.2 Å². The van der Waals surface area contributed by atoms with Crippen molar-refractivity contribution in [2.75, 3.05) is 6.54 Å². The van der Waals surface area contributed by atoms with Crippen molar-refractivity contribution in [3.63, 3.8) is 0 Å². The van der Waals surface area contributed by atoms with Crippen LogP contribution in [0.3, 0.4) is 0 Å². The Morgan fingerprint density at radius 2 is 2.64 bits per heavy atom. The first-order valence-corrected chi connectivity index (χ1v) is 5.19. The molecule has 4 heteroatoms. The normalized spacial score (nSPS) is 24.0. The highest BCUT2D eigenvalue weighted by atomic mass is 16.3. The minimum absolute atomic E-state index is 0.143.